The Hall–Kier alpha value is -2.69. The number of anilines is 1. The van der Waals surface area contributed by atoms with Crippen LogP contribution in [0.15, 0.2) is 48.5 Å². The largest absolute Gasteiger partial charge is 0.445 e. The summed E-state index contributed by atoms with van der Waals surface area (Å²) in [5.74, 6) is -1.46. The van der Waals surface area contributed by atoms with E-state index >= 15 is 0 Å². The third-order valence-electron chi connectivity index (χ3n) is 3.65. The topological polar surface area (TPSA) is 55.4 Å². The summed E-state index contributed by atoms with van der Waals surface area (Å²) < 4.78 is 18.5. The number of nitrogens with one attached hydrogen (secondary N) is 1. The third-order valence-corrected chi connectivity index (χ3v) is 3.65. The maximum absolute atomic E-state index is 13.2. The van der Waals surface area contributed by atoms with Crippen LogP contribution < -0.4 is 5.32 Å². The highest BCUT2D eigenvalue weighted by molar-refractivity contribution is 6.02. The van der Waals surface area contributed by atoms with E-state index in [0.717, 1.165) is 5.56 Å². The van der Waals surface area contributed by atoms with Gasteiger partial charge in [0.1, 0.15) is 5.82 Å². The summed E-state index contributed by atoms with van der Waals surface area (Å²) in [5, 5.41) is 2.59. The Labute approximate surface area is 126 Å². The minimum Gasteiger partial charge on any atom is -0.445 e. The van der Waals surface area contributed by atoms with Crippen LogP contribution in [0.1, 0.15) is 22.8 Å². The highest BCUT2D eigenvalue weighted by Crippen LogP contribution is 2.29. The molecule has 2 aromatic carbocycles. The SMILES string of the molecule is CC1(C(=O)Nc2cccc(F)c2)Cc2ccccc2C(=O)O1. The number of halogens is 1. The molecule has 112 valence electrons. The first-order valence-corrected chi connectivity index (χ1v) is 6.86. The number of carbonyl (C=O) groups excluding carboxylic acids is 2. The Morgan fingerprint density at radius 1 is 1.23 bits per heavy atom. The number of hydrogen-bond donors (Lipinski definition) is 1. The first kappa shape index (κ1) is 14.3. The van der Waals surface area contributed by atoms with Gasteiger partial charge in [-0.1, -0.05) is 24.3 Å². The van der Waals surface area contributed by atoms with Crippen molar-refractivity contribution < 1.29 is 18.7 Å². The van der Waals surface area contributed by atoms with Crippen LogP contribution in [0.5, 0.6) is 0 Å². The number of ether oxygens (including phenoxy) is 1. The van der Waals surface area contributed by atoms with Crippen molar-refractivity contribution in [3.8, 4) is 0 Å². The van der Waals surface area contributed by atoms with E-state index in [4.69, 9.17) is 4.74 Å². The standard InChI is InChI=1S/C17H14FNO3/c1-17(16(21)19-13-7-4-6-12(18)9-13)10-11-5-2-3-8-14(11)15(20)22-17/h2-9H,10H2,1H3,(H,19,21). The Morgan fingerprint density at radius 3 is 2.77 bits per heavy atom. The van der Waals surface area contributed by atoms with E-state index in [1.807, 2.05) is 6.07 Å². The average Bonchev–Trinajstić information content (AvgIpc) is 2.47. The van der Waals surface area contributed by atoms with Gasteiger partial charge in [0.25, 0.3) is 5.91 Å². The van der Waals surface area contributed by atoms with Crippen LogP contribution >= 0.6 is 0 Å². The lowest BCUT2D eigenvalue weighted by atomic mass is 9.89. The van der Waals surface area contributed by atoms with Crippen LogP contribution in [0.4, 0.5) is 10.1 Å². The zero-order valence-electron chi connectivity index (χ0n) is 11.9. The Bertz CT molecular complexity index is 759. The fourth-order valence-electron chi connectivity index (χ4n) is 2.49. The second kappa shape index (κ2) is 5.26. The maximum Gasteiger partial charge on any atom is 0.339 e. The molecular formula is C17H14FNO3. The number of amides is 1. The van der Waals surface area contributed by atoms with Gasteiger partial charge in [-0.15, -0.1) is 0 Å². The molecule has 4 nitrogen and oxygen atoms in total. The van der Waals surface area contributed by atoms with Crippen molar-refractivity contribution in [1.29, 1.82) is 0 Å². The summed E-state index contributed by atoms with van der Waals surface area (Å²) >= 11 is 0. The number of benzene rings is 2. The molecule has 2 aromatic rings. The Kier molecular flexibility index (Phi) is 3.41. The fourth-order valence-corrected chi connectivity index (χ4v) is 2.49. The monoisotopic (exact) mass is 299 g/mol. The summed E-state index contributed by atoms with van der Waals surface area (Å²) in [7, 11) is 0. The maximum atomic E-state index is 13.2. The van der Waals surface area contributed by atoms with Crippen LogP contribution in [0.3, 0.4) is 0 Å². The molecule has 3 rings (SSSR count). The van der Waals surface area contributed by atoms with Crippen molar-refractivity contribution in [1.82, 2.24) is 0 Å². The van der Waals surface area contributed by atoms with E-state index in [1.54, 1.807) is 31.2 Å². The predicted octanol–water partition coefficient (Wildman–Crippen LogP) is 2.94. The minimum absolute atomic E-state index is 0.274. The van der Waals surface area contributed by atoms with Crippen molar-refractivity contribution in [2.24, 2.45) is 0 Å². The molecule has 0 fully saturated rings. The van der Waals surface area contributed by atoms with Crippen LogP contribution in [0.2, 0.25) is 0 Å². The van der Waals surface area contributed by atoms with E-state index in [0.29, 0.717) is 11.3 Å². The summed E-state index contributed by atoms with van der Waals surface area (Å²) in [5.41, 5.74) is 0.230. The van der Waals surface area contributed by atoms with Crippen LogP contribution in [-0.4, -0.2) is 17.5 Å². The molecule has 5 heteroatoms. The van der Waals surface area contributed by atoms with E-state index in [-0.39, 0.29) is 6.42 Å². The molecule has 0 bridgehead atoms. The quantitative estimate of drug-likeness (QED) is 0.867. The van der Waals surface area contributed by atoms with Crippen LogP contribution in [-0.2, 0) is 16.0 Å². The molecule has 1 unspecified atom stereocenters. The molecular weight excluding hydrogens is 285 g/mol. The highest BCUT2D eigenvalue weighted by atomic mass is 19.1. The van der Waals surface area contributed by atoms with Gasteiger partial charge < -0.3 is 10.1 Å². The van der Waals surface area contributed by atoms with Gasteiger partial charge in [-0.2, -0.15) is 0 Å². The van der Waals surface area contributed by atoms with Gasteiger partial charge in [-0.05, 0) is 36.8 Å². The summed E-state index contributed by atoms with van der Waals surface area (Å²) in [6.45, 7) is 1.55. The van der Waals surface area contributed by atoms with Gasteiger partial charge in [0.15, 0.2) is 5.60 Å². The Morgan fingerprint density at radius 2 is 2.00 bits per heavy atom. The molecule has 1 heterocycles. The second-order valence-electron chi connectivity index (χ2n) is 5.42. The summed E-state index contributed by atoms with van der Waals surface area (Å²) in [6.07, 6.45) is 0.274. The van der Waals surface area contributed by atoms with E-state index < -0.39 is 23.3 Å². The van der Waals surface area contributed by atoms with Gasteiger partial charge >= 0.3 is 5.97 Å². The second-order valence-corrected chi connectivity index (χ2v) is 5.42. The fraction of sp³-hybridized carbons (Fsp3) is 0.176. The Balaban J connectivity index is 1.85. The zero-order valence-corrected chi connectivity index (χ0v) is 11.9. The van der Waals surface area contributed by atoms with Crippen molar-refractivity contribution in [2.75, 3.05) is 5.32 Å². The van der Waals surface area contributed by atoms with E-state index in [2.05, 4.69) is 5.32 Å². The van der Waals surface area contributed by atoms with Crippen molar-refractivity contribution in [3.63, 3.8) is 0 Å². The molecule has 0 aromatic heterocycles. The molecule has 1 aliphatic rings. The van der Waals surface area contributed by atoms with Crippen LogP contribution in [0.25, 0.3) is 0 Å². The lowest BCUT2D eigenvalue weighted by Gasteiger charge is -2.33. The summed E-state index contributed by atoms with van der Waals surface area (Å²) in [6, 6.07) is 12.6. The molecule has 22 heavy (non-hydrogen) atoms. The molecule has 0 aliphatic carbocycles. The molecule has 0 saturated carbocycles. The smallest absolute Gasteiger partial charge is 0.339 e. The highest BCUT2D eigenvalue weighted by Gasteiger charge is 2.42. The lowest BCUT2D eigenvalue weighted by Crippen LogP contribution is -2.48. The van der Waals surface area contributed by atoms with Gasteiger partial charge in [-0.25, -0.2) is 9.18 Å². The first-order chi connectivity index (χ1) is 10.5. The molecule has 0 spiro atoms. The molecule has 1 amide bonds. The van der Waals surface area contributed by atoms with Gasteiger partial charge in [0.05, 0.1) is 5.56 Å². The van der Waals surface area contributed by atoms with Crippen molar-refractivity contribution in [3.05, 3.63) is 65.5 Å². The molecule has 1 N–H and O–H groups in total. The third kappa shape index (κ3) is 2.57. The predicted molar refractivity (Wildman–Crippen MR) is 79.0 cm³/mol. The van der Waals surface area contributed by atoms with Gasteiger partial charge in [0, 0.05) is 12.1 Å². The average molecular weight is 299 g/mol. The molecule has 1 aliphatic heterocycles. The van der Waals surface area contributed by atoms with Gasteiger partial charge in [-0.3, -0.25) is 4.79 Å². The number of hydrogen-bond acceptors (Lipinski definition) is 3. The van der Waals surface area contributed by atoms with Crippen LogP contribution in [0, 0.1) is 5.82 Å². The number of fused-ring (bicyclic) bond motifs is 1. The van der Waals surface area contributed by atoms with Crippen molar-refractivity contribution >= 4 is 17.6 Å². The zero-order chi connectivity index (χ0) is 15.7. The summed E-state index contributed by atoms with van der Waals surface area (Å²) in [4.78, 5) is 24.5. The number of cyclic esters (lactones) is 1. The van der Waals surface area contributed by atoms with Crippen molar-refractivity contribution in [2.45, 2.75) is 18.9 Å². The normalized spacial score (nSPS) is 20.0. The molecule has 0 saturated heterocycles. The number of carbonyl (C=O) groups is 2. The molecule has 1 atom stereocenters. The van der Waals surface area contributed by atoms with E-state index in [1.165, 1.54) is 18.2 Å². The minimum atomic E-state index is -1.32. The number of esters is 1. The number of rotatable bonds is 2. The van der Waals surface area contributed by atoms with E-state index in [9.17, 15) is 14.0 Å². The first-order valence-electron chi connectivity index (χ1n) is 6.86. The lowest BCUT2D eigenvalue weighted by molar-refractivity contribution is -0.134. The molecule has 0 radical (unpaired) electrons. The van der Waals surface area contributed by atoms with Gasteiger partial charge in [0.2, 0.25) is 0 Å².